The van der Waals surface area contributed by atoms with Crippen LogP contribution in [0.25, 0.3) is 0 Å². The zero-order valence-corrected chi connectivity index (χ0v) is 8.03. The molecule has 0 spiro atoms. The predicted octanol–water partition coefficient (Wildman–Crippen LogP) is 2.69. The van der Waals surface area contributed by atoms with Crippen molar-refractivity contribution < 1.29 is 5.11 Å². The Morgan fingerprint density at radius 1 is 1.23 bits per heavy atom. The van der Waals surface area contributed by atoms with Gasteiger partial charge in [-0.15, -0.1) is 0 Å². The molecular formula is C12H16O. The molecule has 2 rings (SSSR count). The van der Waals surface area contributed by atoms with Crippen molar-refractivity contribution in [3.05, 3.63) is 35.9 Å². The van der Waals surface area contributed by atoms with Gasteiger partial charge in [-0.1, -0.05) is 36.8 Å². The molecule has 1 aromatic rings. The lowest BCUT2D eigenvalue weighted by atomic mass is 9.71. The van der Waals surface area contributed by atoms with Crippen molar-refractivity contribution >= 4 is 0 Å². The third kappa shape index (κ3) is 1.49. The fourth-order valence-corrected chi connectivity index (χ4v) is 1.98. The van der Waals surface area contributed by atoms with Gasteiger partial charge in [-0.2, -0.15) is 0 Å². The molecule has 1 fully saturated rings. The molecular weight excluding hydrogens is 160 g/mol. The first-order valence-corrected chi connectivity index (χ1v) is 4.99. The molecule has 0 amide bonds. The summed E-state index contributed by atoms with van der Waals surface area (Å²) in [4.78, 5) is 0. The van der Waals surface area contributed by atoms with Gasteiger partial charge in [0.2, 0.25) is 0 Å². The van der Waals surface area contributed by atoms with Gasteiger partial charge in [0.25, 0.3) is 0 Å². The standard InChI is InChI=1S/C12H16O/c1-12(13,11-8-5-9-11)10-6-3-2-4-7-10/h2-4,6-7,11,13H,5,8-9H2,1H3/t12-/m1/s1. The van der Waals surface area contributed by atoms with E-state index in [-0.39, 0.29) is 0 Å². The first kappa shape index (κ1) is 8.76. The van der Waals surface area contributed by atoms with E-state index in [2.05, 4.69) is 0 Å². The number of aliphatic hydroxyl groups is 1. The predicted molar refractivity (Wildman–Crippen MR) is 53.4 cm³/mol. The summed E-state index contributed by atoms with van der Waals surface area (Å²) in [7, 11) is 0. The highest BCUT2D eigenvalue weighted by Crippen LogP contribution is 2.41. The van der Waals surface area contributed by atoms with E-state index in [9.17, 15) is 5.11 Å². The Morgan fingerprint density at radius 3 is 2.31 bits per heavy atom. The maximum absolute atomic E-state index is 10.3. The van der Waals surface area contributed by atoms with Crippen LogP contribution in [0.4, 0.5) is 0 Å². The smallest absolute Gasteiger partial charge is 0.0896 e. The van der Waals surface area contributed by atoms with Crippen LogP contribution < -0.4 is 0 Å². The van der Waals surface area contributed by atoms with Gasteiger partial charge in [-0.25, -0.2) is 0 Å². The topological polar surface area (TPSA) is 20.2 Å². The molecule has 1 heteroatoms. The van der Waals surface area contributed by atoms with Crippen LogP contribution in [0.3, 0.4) is 0 Å². The third-order valence-corrected chi connectivity index (χ3v) is 3.26. The molecule has 1 nitrogen and oxygen atoms in total. The summed E-state index contributed by atoms with van der Waals surface area (Å²) in [6.45, 7) is 1.94. The van der Waals surface area contributed by atoms with Crippen molar-refractivity contribution in [2.75, 3.05) is 0 Å². The van der Waals surface area contributed by atoms with Gasteiger partial charge in [-0.05, 0) is 31.2 Å². The van der Waals surface area contributed by atoms with Crippen LogP contribution >= 0.6 is 0 Å². The maximum atomic E-state index is 10.3. The van der Waals surface area contributed by atoms with E-state index >= 15 is 0 Å². The molecule has 0 heterocycles. The SMILES string of the molecule is C[C@@](O)(c1ccccc1)C1CCC1. The van der Waals surface area contributed by atoms with Crippen LogP contribution in [-0.2, 0) is 5.60 Å². The molecule has 1 aromatic carbocycles. The molecule has 1 N–H and O–H groups in total. The molecule has 1 aliphatic rings. The summed E-state index contributed by atoms with van der Waals surface area (Å²) in [5.41, 5.74) is 0.444. The zero-order valence-electron chi connectivity index (χ0n) is 8.03. The van der Waals surface area contributed by atoms with E-state index in [1.54, 1.807) is 0 Å². The Kier molecular flexibility index (Phi) is 2.12. The summed E-state index contributed by atoms with van der Waals surface area (Å²) < 4.78 is 0. The van der Waals surface area contributed by atoms with E-state index < -0.39 is 5.60 Å². The van der Waals surface area contributed by atoms with E-state index in [0.717, 1.165) is 5.56 Å². The lowest BCUT2D eigenvalue weighted by Gasteiger charge is -2.39. The monoisotopic (exact) mass is 176 g/mol. The van der Waals surface area contributed by atoms with Crippen molar-refractivity contribution in [1.82, 2.24) is 0 Å². The zero-order chi connectivity index (χ0) is 9.31. The number of hydrogen-bond donors (Lipinski definition) is 1. The highest BCUT2D eigenvalue weighted by atomic mass is 16.3. The first-order valence-electron chi connectivity index (χ1n) is 4.99. The normalized spacial score (nSPS) is 22.0. The largest absolute Gasteiger partial charge is 0.385 e. The second-order valence-corrected chi connectivity index (χ2v) is 4.14. The highest BCUT2D eigenvalue weighted by Gasteiger charge is 2.37. The Hall–Kier alpha value is -0.820. The molecule has 0 saturated heterocycles. The molecule has 13 heavy (non-hydrogen) atoms. The fourth-order valence-electron chi connectivity index (χ4n) is 1.98. The number of rotatable bonds is 2. The Morgan fingerprint density at radius 2 is 1.85 bits per heavy atom. The summed E-state index contributed by atoms with van der Waals surface area (Å²) >= 11 is 0. The van der Waals surface area contributed by atoms with Crippen LogP contribution in [0.5, 0.6) is 0 Å². The molecule has 0 unspecified atom stereocenters. The average Bonchev–Trinajstić information content (AvgIpc) is 2.02. The summed E-state index contributed by atoms with van der Waals surface area (Å²) in [5.74, 6) is 0.468. The third-order valence-electron chi connectivity index (χ3n) is 3.26. The second kappa shape index (κ2) is 3.15. The number of hydrogen-bond acceptors (Lipinski definition) is 1. The van der Waals surface area contributed by atoms with Crippen molar-refractivity contribution in [3.63, 3.8) is 0 Å². The Balaban J connectivity index is 2.23. The maximum Gasteiger partial charge on any atom is 0.0896 e. The summed E-state index contributed by atoms with van der Waals surface area (Å²) in [6.07, 6.45) is 3.61. The van der Waals surface area contributed by atoms with Gasteiger partial charge in [0.15, 0.2) is 0 Å². The van der Waals surface area contributed by atoms with Crippen LogP contribution in [0.1, 0.15) is 31.7 Å². The van der Waals surface area contributed by atoms with Crippen molar-refractivity contribution in [1.29, 1.82) is 0 Å². The molecule has 1 atom stereocenters. The van der Waals surface area contributed by atoms with Gasteiger partial charge in [-0.3, -0.25) is 0 Å². The molecule has 0 aliphatic heterocycles. The minimum atomic E-state index is -0.612. The van der Waals surface area contributed by atoms with Crippen molar-refractivity contribution in [2.45, 2.75) is 31.8 Å². The fraction of sp³-hybridized carbons (Fsp3) is 0.500. The summed E-state index contributed by atoms with van der Waals surface area (Å²) in [5, 5.41) is 10.3. The second-order valence-electron chi connectivity index (χ2n) is 4.14. The van der Waals surface area contributed by atoms with Gasteiger partial charge >= 0.3 is 0 Å². The minimum absolute atomic E-state index is 0.468. The highest BCUT2D eigenvalue weighted by molar-refractivity contribution is 5.22. The minimum Gasteiger partial charge on any atom is -0.385 e. The molecule has 70 valence electrons. The molecule has 0 aromatic heterocycles. The lowest BCUT2D eigenvalue weighted by molar-refractivity contribution is -0.0399. The van der Waals surface area contributed by atoms with E-state index in [4.69, 9.17) is 0 Å². The van der Waals surface area contributed by atoms with E-state index in [1.165, 1.54) is 19.3 Å². The van der Waals surface area contributed by atoms with Gasteiger partial charge < -0.3 is 5.11 Å². The lowest BCUT2D eigenvalue weighted by Crippen LogP contribution is -2.36. The quantitative estimate of drug-likeness (QED) is 0.734. The average molecular weight is 176 g/mol. The molecule has 1 aliphatic carbocycles. The van der Waals surface area contributed by atoms with Crippen LogP contribution in [0, 0.1) is 5.92 Å². The van der Waals surface area contributed by atoms with Crippen LogP contribution in [-0.4, -0.2) is 5.11 Å². The van der Waals surface area contributed by atoms with Crippen LogP contribution in [0.2, 0.25) is 0 Å². The van der Waals surface area contributed by atoms with Crippen LogP contribution in [0.15, 0.2) is 30.3 Å². The van der Waals surface area contributed by atoms with Gasteiger partial charge in [0.05, 0.1) is 5.60 Å². The van der Waals surface area contributed by atoms with Gasteiger partial charge in [0.1, 0.15) is 0 Å². The Bertz CT molecular complexity index is 272. The molecule has 1 saturated carbocycles. The van der Waals surface area contributed by atoms with E-state index in [0.29, 0.717) is 5.92 Å². The Labute approximate surface area is 79.4 Å². The van der Waals surface area contributed by atoms with Crippen molar-refractivity contribution in [3.8, 4) is 0 Å². The summed E-state index contributed by atoms with van der Waals surface area (Å²) in [6, 6.07) is 9.99. The van der Waals surface area contributed by atoms with Crippen molar-refractivity contribution in [2.24, 2.45) is 5.92 Å². The first-order chi connectivity index (χ1) is 6.21. The van der Waals surface area contributed by atoms with Gasteiger partial charge in [0, 0.05) is 0 Å². The molecule has 0 radical (unpaired) electrons. The number of benzene rings is 1. The molecule has 0 bridgehead atoms. The van der Waals surface area contributed by atoms with E-state index in [1.807, 2.05) is 37.3 Å².